The second-order valence-electron chi connectivity index (χ2n) is 4.76. The van der Waals surface area contributed by atoms with Crippen LogP contribution in [0.3, 0.4) is 0 Å². The second kappa shape index (κ2) is 5.49. The normalized spacial score (nSPS) is 25.7. The van der Waals surface area contributed by atoms with Crippen LogP contribution in [0.1, 0.15) is 32.6 Å². The summed E-state index contributed by atoms with van der Waals surface area (Å²) in [5.74, 6) is 0.106. The van der Waals surface area contributed by atoms with Crippen LogP contribution in [0, 0.1) is 0 Å². The van der Waals surface area contributed by atoms with E-state index in [1.165, 1.54) is 0 Å². The molecule has 1 unspecified atom stereocenters. The maximum atomic E-state index is 12.3. The van der Waals surface area contributed by atoms with Gasteiger partial charge in [-0.1, -0.05) is 0 Å². The van der Waals surface area contributed by atoms with Gasteiger partial charge in [0, 0.05) is 19.0 Å². The Hall–Kier alpha value is -1.10. The molecule has 0 aromatic rings. The summed E-state index contributed by atoms with van der Waals surface area (Å²) in [7, 11) is 0. The molecule has 0 aromatic carbocycles. The lowest BCUT2D eigenvalue weighted by atomic mass is 10.0. The highest BCUT2D eigenvalue weighted by molar-refractivity contribution is 5.90. The maximum Gasteiger partial charge on any atom is 0.245 e. The van der Waals surface area contributed by atoms with Crippen molar-refractivity contribution in [2.24, 2.45) is 0 Å². The molecule has 0 radical (unpaired) electrons. The molecule has 96 valence electrons. The van der Waals surface area contributed by atoms with Crippen LogP contribution < -0.4 is 10.6 Å². The molecule has 2 heterocycles. The molecule has 2 aliphatic heterocycles. The van der Waals surface area contributed by atoms with Crippen molar-refractivity contribution in [2.45, 2.75) is 44.7 Å². The zero-order chi connectivity index (χ0) is 12.3. The fourth-order valence-corrected chi connectivity index (χ4v) is 2.71. The maximum absolute atomic E-state index is 12.3. The summed E-state index contributed by atoms with van der Waals surface area (Å²) in [6.45, 7) is 4.70. The van der Waals surface area contributed by atoms with E-state index in [2.05, 4.69) is 10.6 Å². The average Bonchev–Trinajstić information content (AvgIpc) is 2.78. The second-order valence-corrected chi connectivity index (χ2v) is 4.76. The number of nitrogens with zero attached hydrogens (tertiary/aromatic N) is 1. The van der Waals surface area contributed by atoms with Gasteiger partial charge >= 0.3 is 0 Å². The van der Waals surface area contributed by atoms with Crippen molar-refractivity contribution in [1.82, 2.24) is 15.5 Å². The quantitative estimate of drug-likeness (QED) is 0.721. The number of carbonyl (C=O) groups is 2. The van der Waals surface area contributed by atoms with E-state index in [1.807, 2.05) is 11.8 Å². The van der Waals surface area contributed by atoms with Crippen LogP contribution in [0.15, 0.2) is 0 Å². The smallest absolute Gasteiger partial charge is 0.245 e. The fourth-order valence-electron chi connectivity index (χ4n) is 2.71. The van der Waals surface area contributed by atoms with Crippen LogP contribution >= 0.6 is 0 Å². The number of hydrogen-bond donors (Lipinski definition) is 2. The average molecular weight is 239 g/mol. The zero-order valence-corrected chi connectivity index (χ0v) is 10.4. The van der Waals surface area contributed by atoms with E-state index >= 15 is 0 Å². The van der Waals surface area contributed by atoms with E-state index in [0.29, 0.717) is 18.9 Å². The largest absolute Gasteiger partial charge is 0.344 e. The third-order valence-corrected chi connectivity index (χ3v) is 3.67. The van der Waals surface area contributed by atoms with Crippen molar-refractivity contribution in [2.75, 3.05) is 19.6 Å². The Balaban J connectivity index is 1.96. The van der Waals surface area contributed by atoms with Crippen LogP contribution in [0.2, 0.25) is 0 Å². The molecule has 2 amide bonds. The van der Waals surface area contributed by atoms with Crippen LogP contribution in [0.25, 0.3) is 0 Å². The number of hydrogen-bond acceptors (Lipinski definition) is 3. The molecule has 0 saturated carbocycles. The topological polar surface area (TPSA) is 61.4 Å². The molecule has 2 saturated heterocycles. The molecule has 0 aromatic heterocycles. The molecule has 2 fully saturated rings. The van der Waals surface area contributed by atoms with Gasteiger partial charge in [0.15, 0.2) is 0 Å². The van der Waals surface area contributed by atoms with E-state index in [9.17, 15) is 9.59 Å². The van der Waals surface area contributed by atoms with Gasteiger partial charge in [-0.3, -0.25) is 9.59 Å². The summed E-state index contributed by atoms with van der Waals surface area (Å²) in [5.41, 5.74) is 0. The summed E-state index contributed by atoms with van der Waals surface area (Å²) >= 11 is 0. The first-order chi connectivity index (χ1) is 8.22. The Labute approximate surface area is 102 Å². The molecule has 17 heavy (non-hydrogen) atoms. The van der Waals surface area contributed by atoms with Crippen molar-refractivity contribution in [3.05, 3.63) is 0 Å². The first-order valence-corrected chi connectivity index (χ1v) is 6.53. The summed E-state index contributed by atoms with van der Waals surface area (Å²) in [6, 6.07) is 0.0589. The molecule has 0 bridgehead atoms. The predicted octanol–water partition coefficient (Wildman–Crippen LogP) is -0.134. The Kier molecular flexibility index (Phi) is 3.99. The number of piperidine rings is 1. The Morgan fingerprint density at radius 2 is 2.06 bits per heavy atom. The summed E-state index contributed by atoms with van der Waals surface area (Å²) in [5, 5.41) is 6.06. The minimum Gasteiger partial charge on any atom is -0.344 e. The van der Waals surface area contributed by atoms with Crippen molar-refractivity contribution in [3.8, 4) is 0 Å². The fraction of sp³-hybridized carbons (Fsp3) is 0.833. The van der Waals surface area contributed by atoms with Crippen LogP contribution in [-0.2, 0) is 9.59 Å². The van der Waals surface area contributed by atoms with Gasteiger partial charge < -0.3 is 15.5 Å². The number of carbonyl (C=O) groups excluding carboxylic acids is 2. The first kappa shape index (κ1) is 12.4. The molecule has 2 N–H and O–H groups in total. The van der Waals surface area contributed by atoms with Gasteiger partial charge in [0.2, 0.25) is 11.8 Å². The summed E-state index contributed by atoms with van der Waals surface area (Å²) in [6.07, 6.45) is 3.17. The summed E-state index contributed by atoms with van der Waals surface area (Å²) < 4.78 is 0. The number of rotatable bonds is 3. The molecule has 1 atom stereocenters. The molecule has 5 heteroatoms. The lowest BCUT2D eigenvalue weighted by molar-refractivity contribution is -0.136. The lowest BCUT2D eigenvalue weighted by Gasteiger charge is -2.35. The monoisotopic (exact) mass is 239 g/mol. The highest BCUT2D eigenvalue weighted by atomic mass is 16.2. The Morgan fingerprint density at radius 1 is 1.35 bits per heavy atom. The molecule has 0 aliphatic carbocycles. The van der Waals surface area contributed by atoms with Crippen molar-refractivity contribution >= 4 is 11.8 Å². The number of likely N-dealkylation sites (N-methyl/N-ethyl adjacent to an activating group) is 1. The SMILES string of the molecule is CCN(C(=O)C1CCC(=O)N1)C1CCNCC1. The number of amides is 2. The van der Waals surface area contributed by atoms with Gasteiger partial charge in [-0.25, -0.2) is 0 Å². The van der Waals surface area contributed by atoms with Gasteiger partial charge in [-0.2, -0.15) is 0 Å². The van der Waals surface area contributed by atoms with Crippen molar-refractivity contribution in [1.29, 1.82) is 0 Å². The van der Waals surface area contributed by atoms with Gasteiger partial charge in [0.25, 0.3) is 0 Å². The molecule has 5 nitrogen and oxygen atoms in total. The predicted molar refractivity (Wildman–Crippen MR) is 64.4 cm³/mol. The van der Waals surface area contributed by atoms with E-state index in [-0.39, 0.29) is 17.9 Å². The Bertz CT molecular complexity index is 300. The minimum atomic E-state index is -0.280. The van der Waals surface area contributed by atoms with Gasteiger partial charge in [-0.05, 0) is 39.3 Å². The molecule has 2 rings (SSSR count). The molecule has 2 aliphatic rings. The molecular formula is C12H21N3O2. The van der Waals surface area contributed by atoms with E-state index in [0.717, 1.165) is 32.5 Å². The van der Waals surface area contributed by atoms with E-state index < -0.39 is 0 Å². The minimum absolute atomic E-state index is 0.00436. The third-order valence-electron chi connectivity index (χ3n) is 3.67. The van der Waals surface area contributed by atoms with Crippen LogP contribution in [-0.4, -0.2) is 48.4 Å². The summed E-state index contributed by atoms with van der Waals surface area (Å²) in [4.78, 5) is 25.4. The zero-order valence-electron chi connectivity index (χ0n) is 10.4. The molecule has 0 spiro atoms. The third kappa shape index (κ3) is 2.77. The highest BCUT2D eigenvalue weighted by Gasteiger charge is 2.33. The van der Waals surface area contributed by atoms with Gasteiger partial charge in [0.1, 0.15) is 6.04 Å². The van der Waals surface area contributed by atoms with Crippen molar-refractivity contribution < 1.29 is 9.59 Å². The lowest BCUT2D eigenvalue weighted by Crippen LogP contribution is -2.51. The first-order valence-electron chi connectivity index (χ1n) is 6.53. The van der Waals surface area contributed by atoms with Crippen LogP contribution in [0.4, 0.5) is 0 Å². The Morgan fingerprint density at radius 3 is 2.59 bits per heavy atom. The van der Waals surface area contributed by atoms with E-state index in [1.54, 1.807) is 0 Å². The van der Waals surface area contributed by atoms with Gasteiger partial charge in [-0.15, -0.1) is 0 Å². The van der Waals surface area contributed by atoms with Crippen LogP contribution in [0.5, 0.6) is 0 Å². The van der Waals surface area contributed by atoms with Crippen molar-refractivity contribution in [3.63, 3.8) is 0 Å². The number of nitrogens with one attached hydrogen (secondary N) is 2. The standard InChI is InChI=1S/C12H21N3O2/c1-2-15(9-5-7-13-8-6-9)12(17)10-3-4-11(16)14-10/h9-10,13H,2-8H2,1H3,(H,14,16). The highest BCUT2D eigenvalue weighted by Crippen LogP contribution is 2.16. The van der Waals surface area contributed by atoms with E-state index in [4.69, 9.17) is 0 Å². The van der Waals surface area contributed by atoms with Gasteiger partial charge in [0.05, 0.1) is 0 Å². The molecular weight excluding hydrogens is 218 g/mol.